The molecular formula is C32H38S2. The lowest BCUT2D eigenvalue weighted by Crippen LogP contribution is -1.98. The SMILES string of the molecule is CCCCCCCc1c(CCCCCCC)c2c3ccccc3sc2c2sc3ccccc3c12. The fourth-order valence-corrected chi connectivity index (χ4v) is 8.28. The van der Waals surface area contributed by atoms with Crippen molar-refractivity contribution in [2.75, 3.05) is 0 Å². The number of thiophene rings is 2. The quantitative estimate of drug-likeness (QED) is 0.154. The Labute approximate surface area is 213 Å². The predicted molar refractivity (Wildman–Crippen MR) is 157 cm³/mol. The molecule has 0 N–H and O–H groups in total. The van der Waals surface area contributed by atoms with Gasteiger partial charge in [-0.25, -0.2) is 0 Å². The minimum Gasteiger partial charge on any atom is -0.134 e. The third-order valence-electron chi connectivity index (χ3n) is 7.43. The molecule has 0 fully saturated rings. The molecule has 0 unspecified atom stereocenters. The first-order chi connectivity index (χ1) is 16.8. The van der Waals surface area contributed by atoms with Gasteiger partial charge in [-0.05, 0) is 48.9 Å². The summed E-state index contributed by atoms with van der Waals surface area (Å²) < 4.78 is 5.97. The van der Waals surface area contributed by atoms with Crippen molar-refractivity contribution in [1.82, 2.24) is 0 Å². The summed E-state index contributed by atoms with van der Waals surface area (Å²) in [5.41, 5.74) is 3.35. The third kappa shape index (κ3) is 4.64. The molecule has 2 heteroatoms. The lowest BCUT2D eigenvalue weighted by atomic mass is 9.89. The van der Waals surface area contributed by atoms with Gasteiger partial charge in [-0.1, -0.05) is 102 Å². The van der Waals surface area contributed by atoms with E-state index in [1.807, 2.05) is 22.7 Å². The van der Waals surface area contributed by atoms with Crippen LogP contribution < -0.4 is 0 Å². The summed E-state index contributed by atoms with van der Waals surface area (Å²) in [6.45, 7) is 4.63. The number of benzene rings is 3. The Morgan fingerprint density at radius 1 is 0.500 bits per heavy atom. The van der Waals surface area contributed by atoms with Crippen LogP contribution in [0.25, 0.3) is 40.3 Å². The van der Waals surface area contributed by atoms with Gasteiger partial charge in [0.05, 0.1) is 9.40 Å². The van der Waals surface area contributed by atoms with Crippen molar-refractivity contribution in [2.24, 2.45) is 0 Å². The summed E-state index contributed by atoms with van der Waals surface area (Å²) in [6.07, 6.45) is 15.9. The maximum atomic E-state index is 2.37. The summed E-state index contributed by atoms with van der Waals surface area (Å²) in [7, 11) is 0. The second-order valence-corrected chi connectivity index (χ2v) is 12.0. The molecule has 0 spiro atoms. The standard InChI is InChI=1S/C32H38S2/c1-3-5-7-9-11-17-23-24(18-12-10-8-6-4-2)30-26-20-14-16-22-28(26)34-32(30)31-29(23)25-19-13-15-21-27(25)33-31/h13-16,19-22H,3-12,17-18H2,1-2H3. The van der Waals surface area contributed by atoms with Gasteiger partial charge in [-0.3, -0.25) is 0 Å². The number of hydrogen-bond donors (Lipinski definition) is 0. The molecule has 178 valence electrons. The van der Waals surface area contributed by atoms with Gasteiger partial charge < -0.3 is 0 Å². The van der Waals surface area contributed by atoms with E-state index in [1.165, 1.54) is 107 Å². The fraction of sp³-hybridized carbons (Fsp3) is 0.438. The summed E-state index contributed by atoms with van der Waals surface area (Å²) in [5, 5.41) is 6.13. The number of rotatable bonds is 12. The molecule has 5 aromatic rings. The normalized spacial score (nSPS) is 12.1. The lowest BCUT2D eigenvalue weighted by molar-refractivity contribution is 0.623. The van der Waals surface area contributed by atoms with Crippen molar-refractivity contribution < 1.29 is 0 Å². The minimum atomic E-state index is 1.23. The van der Waals surface area contributed by atoms with Gasteiger partial charge in [-0.15, -0.1) is 22.7 Å². The van der Waals surface area contributed by atoms with Crippen molar-refractivity contribution in [1.29, 1.82) is 0 Å². The molecule has 0 radical (unpaired) electrons. The second kappa shape index (κ2) is 11.2. The molecular weight excluding hydrogens is 448 g/mol. The van der Waals surface area contributed by atoms with E-state index in [0.717, 1.165) is 0 Å². The fourth-order valence-electron chi connectivity index (χ4n) is 5.67. The maximum absolute atomic E-state index is 2.37. The summed E-state index contributed by atoms with van der Waals surface area (Å²) in [5.74, 6) is 0. The minimum absolute atomic E-state index is 1.23. The Morgan fingerprint density at radius 3 is 1.35 bits per heavy atom. The molecule has 0 aliphatic heterocycles. The molecule has 2 heterocycles. The second-order valence-electron chi connectivity index (χ2n) is 9.89. The van der Waals surface area contributed by atoms with Crippen LogP contribution in [0.5, 0.6) is 0 Å². The molecule has 0 saturated heterocycles. The van der Waals surface area contributed by atoms with Gasteiger partial charge in [0.25, 0.3) is 0 Å². The Balaban J connectivity index is 1.70. The summed E-state index contributed by atoms with van der Waals surface area (Å²) >= 11 is 4.04. The number of unbranched alkanes of at least 4 members (excludes halogenated alkanes) is 8. The van der Waals surface area contributed by atoms with E-state index in [4.69, 9.17) is 0 Å². The van der Waals surface area contributed by atoms with Crippen molar-refractivity contribution >= 4 is 63.0 Å². The topological polar surface area (TPSA) is 0 Å². The highest BCUT2D eigenvalue weighted by Crippen LogP contribution is 2.48. The molecule has 5 rings (SSSR count). The first-order valence-electron chi connectivity index (χ1n) is 13.6. The molecule has 0 atom stereocenters. The van der Waals surface area contributed by atoms with E-state index in [2.05, 4.69) is 62.4 Å². The van der Waals surface area contributed by atoms with Crippen LogP contribution in [0, 0.1) is 0 Å². The largest absolute Gasteiger partial charge is 0.134 e. The van der Waals surface area contributed by atoms with E-state index in [-0.39, 0.29) is 0 Å². The van der Waals surface area contributed by atoms with Crippen molar-refractivity contribution in [3.8, 4) is 0 Å². The molecule has 0 saturated carbocycles. The molecule has 3 aromatic carbocycles. The zero-order chi connectivity index (χ0) is 23.3. The number of hydrogen-bond acceptors (Lipinski definition) is 2. The first kappa shape index (κ1) is 23.8. The van der Waals surface area contributed by atoms with E-state index in [0.29, 0.717) is 0 Å². The smallest absolute Gasteiger partial charge is 0.0537 e. The highest BCUT2D eigenvalue weighted by atomic mass is 32.1. The van der Waals surface area contributed by atoms with E-state index < -0.39 is 0 Å². The molecule has 2 aromatic heterocycles. The van der Waals surface area contributed by atoms with E-state index >= 15 is 0 Å². The Kier molecular flexibility index (Phi) is 7.87. The van der Waals surface area contributed by atoms with Crippen LogP contribution in [0.4, 0.5) is 0 Å². The average Bonchev–Trinajstić information content (AvgIpc) is 3.44. The van der Waals surface area contributed by atoms with Crippen LogP contribution in [-0.2, 0) is 12.8 Å². The third-order valence-corrected chi connectivity index (χ3v) is 9.93. The van der Waals surface area contributed by atoms with Crippen LogP contribution in [0.1, 0.15) is 89.2 Å². The molecule has 0 bridgehead atoms. The van der Waals surface area contributed by atoms with Crippen LogP contribution >= 0.6 is 22.7 Å². The highest BCUT2D eigenvalue weighted by molar-refractivity contribution is 7.33. The average molecular weight is 487 g/mol. The van der Waals surface area contributed by atoms with Crippen molar-refractivity contribution in [3.63, 3.8) is 0 Å². The van der Waals surface area contributed by atoms with Gasteiger partial charge in [0, 0.05) is 30.9 Å². The molecule has 0 nitrogen and oxygen atoms in total. The monoisotopic (exact) mass is 486 g/mol. The van der Waals surface area contributed by atoms with Crippen LogP contribution in [-0.4, -0.2) is 0 Å². The Bertz CT molecular complexity index is 1280. The van der Waals surface area contributed by atoms with Crippen LogP contribution in [0.15, 0.2) is 48.5 Å². The van der Waals surface area contributed by atoms with Crippen molar-refractivity contribution in [3.05, 3.63) is 59.7 Å². The zero-order valence-corrected chi connectivity index (χ0v) is 22.6. The Hall–Kier alpha value is -1.90. The predicted octanol–water partition coefficient (Wildman–Crippen LogP) is 11.4. The molecule has 0 amide bonds. The first-order valence-corrected chi connectivity index (χ1v) is 15.2. The summed E-state index contributed by atoms with van der Waals surface area (Å²) in [6, 6.07) is 18.3. The van der Waals surface area contributed by atoms with Crippen LogP contribution in [0.2, 0.25) is 0 Å². The number of aryl methyl sites for hydroxylation is 2. The summed E-state index contributed by atoms with van der Waals surface area (Å²) in [4.78, 5) is 0. The number of fused-ring (bicyclic) bond motifs is 7. The highest BCUT2D eigenvalue weighted by Gasteiger charge is 2.21. The van der Waals surface area contributed by atoms with Gasteiger partial charge in [0.1, 0.15) is 0 Å². The maximum Gasteiger partial charge on any atom is 0.0537 e. The van der Waals surface area contributed by atoms with Crippen molar-refractivity contribution in [2.45, 2.75) is 90.9 Å². The van der Waals surface area contributed by atoms with Gasteiger partial charge in [0.2, 0.25) is 0 Å². The van der Waals surface area contributed by atoms with E-state index in [9.17, 15) is 0 Å². The zero-order valence-electron chi connectivity index (χ0n) is 20.9. The molecule has 0 aliphatic rings. The Morgan fingerprint density at radius 2 is 0.912 bits per heavy atom. The lowest BCUT2D eigenvalue weighted by Gasteiger charge is -2.15. The molecule has 34 heavy (non-hydrogen) atoms. The van der Waals surface area contributed by atoms with Crippen LogP contribution in [0.3, 0.4) is 0 Å². The molecule has 0 aliphatic carbocycles. The van der Waals surface area contributed by atoms with Gasteiger partial charge in [0.15, 0.2) is 0 Å². The van der Waals surface area contributed by atoms with Gasteiger partial charge in [-0.2, -0.15) is 0 Å². The van der Waals surface area contributed by atoms with E-state index in [1.54, 1.807) is 21.9 Å². The van der Waals surface area contributed by atoms with Gasteiger partial charge >= 0.3 is 0 Å².